The second-order valence-corrected chi connectivity index (χ2v) is 7.09. The molecule has 142 valence electrons. The number of hydrogen-bond donors (Lipinski definition) is 2. The summed E-state index contributed by atoms with van der Waals surface area (Å²) in [6.07, 6.45) is 3.89. The van der Waals surface area contributed by atoms with Crippen LogP contribution in [0.2, 0.25) is 0 Å². The van der Waals surface area contributed by atoms with Gasteiger partial charge in [0.25, 0.3) is 5.91 Å². The molecule has 2 aromatic rings. The van der Waals surface area contributed by atoms with Gasteiger partial charge in [-0.15, -0.1) is 0 Å². The van der Waals surface area contributed by atoms with Gasteiger partial charge in [0.1, 0.15) is 5.75 Å². The number of amides is 1. The van der Waals surface area contributed by atoms with Crippen LogP contribution < -0.4 is 0 Å². The predicted molar refractivity (Wildman–Crippen MR) is 103 cm³/mol. The van der Waals surface area contributed by atoms with Crippen LogP contribution in [0.5, 0.6) is 5.75 Å². The highest BCUT2D eigenvalue weighted by Gasteiger charge is 2.29. The predicted octanol–water partition coefficient (Wildman–Crippen LogP) is 3.84. The van der Waals surface area contributed by atoms with Gasteiger partial charge in [-0.1, -0.05) is 36.4 Å². The molecule has 1 saturated heterocycles. The Balaban J connectivity index is 1.79. The molecule has 0 radical (unpaired) electrons. The molecule has 1 unspecified atom stereocenters. The number of carbonyl (C=O) groups excluding carboxylic acids is 1. The highest BCUT2D eigenvalue weighted by molar-refractivity contribution is 5.97. The molecular formula is C22H25NO4. The molecule has 1 aliphatic heterocycles. The lowest BCUT2D eigenvalue weighted by atomic mass is 9.96. The number of aromatic hydroxyl groups is 1. The number of piperidine rings is 1. The van der Waals surface area contributed by atoms with Crippen molar-refractivity contribution in [1.82, 2.24) is 4.90 Å². The third-order valence-corrected chi connectivity index (χ3v) is 5.12. The summed E-state index contributed by atoms with van der Waals surface area (Å²) < 4.78 is 0. The van der Waals surface area contributed by atoms with E-state index in [1.165, 1.54) is 0 Å². The van der Waals surface area contributed by atoms with E-state index in [0.29, 0.717) is 24.9 Å². The molecule has 1 atom stereocenters. The maximum absolute atomic E-state index is 13.1. The number of phenols is 1. The highest BCUT2D eigenvalue weighted by Crippen LogP contribution is 2.27. The maximum atomic E-state index is 13.1. The van der Waals surface area contributed by atoms with Gasteiger partial charge in [0, 0.05) is 19.0 Å². The third-order valence-electron chi connectivity index (χ3n) is 5.12. The lowest BCUT2D eigenvalue weighted by Crippen LogP contribution is -2.44. The summed E-state index contributed by atoms with van der Waals surface area (Å²) >= 11 is 0. The van der Waals surface area contributed by atoms with Gasteiger partial charge in [-0.2, -0.15) is 0 Å². The monoisotopic (exact) mass is 367 g/mol. The van der Waals surface area contributed by atoms with Gasteiger partial charge < -0.3 is 15.1 Å². The van der Waals surface area contributed by atoms with Gasteiger partial charge in [-0.25, -0.2) is 0 Å². The molecule has 0 aromatic heterocycles. The Morgan fingerprint density at radius 2 is 1.81 bits per heavy atom. The minimum Gasteiger partial charge on any atom is -0.507 e. The van der Waals surface area contributed by atoms with Gasteiger partial charge in [0.2, 0.25) is 0 Å². The van der Waals surface area contributed by atoms with Crippen molar-refractivity contribution in [1.29, 1.82) is 0 Å². The third kappa shape index (κ3) is 4.88. The minimum atomic E-state index is -0.847. The Labute approximate surface area is 159 Å². The van der Waals surface area contributed by atoms with Crippen LogP contribution in [-0.4, -0.2) is 39.6 Å². The number of aliphatic carboxylic acids is 1. The smallest absolute Gasteiger partial charge is 0.303 e. The molecular weight excluding hydrogens is 342 g/mol. The lowest BCUT2D eigenvalue weighted by Gasteiger charge is -2.36. The Kier molecular flexibility index (Phi) is 6.12. The van der Waals surface area contributed by atoms with Gasteiger partial charge in [0.15, 0.2) is 0 Å². The van der Waals surface area contributed by atoms with Crippen molar-refractivity contribution < 1.29 is 19.8 Å². The first-order valence-corrected chi connectivity index (χ1v) is 9.43. The molecule has 27 heavy (non-hydrogen) atoms. The number of carboxylic acids is 1. The van der Waals surface area contributed by atoms with Crippen molar-refractivity contribution in [3.05, 3.63) is 65.2 Å². The number of carbonyl (C=O) groups is 2. The first-order valence-electron chi connectivity index (χ1n) is 9.43. The molecule has 2 aromatic carbocycles. The molecule has 0 bridgehead atoms. The fraction of sp³-hybridized carbons (Fsp3) is 0.364. The molecule has 1 aliphatic rings. The summed E-state index contributed by atoms with van der Waals surface area (Å²) in [6, 6.07) is 15.0. The van der Waals surface area contributed by atoms with Crippen molar-refractivity contribution in [2.75, 3.05) is 6.54 Å². The van der Waals surface area contributed by atoms with Crippen LogP contribution in [0.4, 0.5) is 0 Å². The van der Waals surface area contributed by atoms with E-state index >= 15 is 0 Å². The maximum Gasteiger partial charge on any atom is 0.303 e. The SMILES string of the molecule is O=C(O)CCC1CCCCN1C(=O)c1cc(Cc2ccccc2)ccc1O. The Morgan fingerprint density at radius 3 is 2.56 bits per heavy atom. The van der Waals surface area contributed by atoms with E-state index < -0.39 is 5.97 Å². The van der Waals surface area contributed by atoms with Crippen LogP contribution in [0, 0.1) is 0 Å². The van der Waals surface area contributed by atoms with Crippen LogP contribution in [0.25, 0.3) is 0 Å². The topological polar surface area (TPSA) is 77.8 Å². The van der Waals surface area contributed by atoms with Crippen LogP contribution >= 0.6 is 0 Å². The normalized spacial score (nSPS) is 16.9. The van der Waals surface area contributed by atoms with Crippen molar-refractivity contribution in [3.63, 3.8) is 0 Å². The van der Waals surface area contributed by atoms with Crippen molar-refractivity contribution in [2.24, 2.45) is 0 Å². The zero-order chi connectivity index (χ0) is 19.2. The first-order chi connectivity index (χ1) is 13.0. The molecule has 3 rings (SSSR count). The number of rotatable bonds is 6. The fourth-order valence-electron chi connectivity index (χ4n) is 3.71. The van der Waals surface area contributed by atoms with Crippen molar-refractivity contribution >= 4 is 11.9 Å². The summed E-state index contributed by atoms with van der Waals surface area (Å²) in [6.45, 7) is 0.603. The summed E-state index contributed by atoms with van der Waals surface area (Å²) in [4.78, 5) is 25.8. The molecule has 1 heterocycles. The molecule has 0 aliphatic carbocycles. The van der Waals surface area contributed by atoms with E-state index in [2.05, 4.69) is 0 Å². The number of carboxylic acid groups (broad SMARTS) is 1. The van der Waals surface area contributed by atoms with Gasteiger partial charge in [-0.05, 0) is 55.4 Å². The number of benzene rings is 2. The van der Waals surface area contributed by atoms with E-state index in [0.717, 1.165) is 30.4 Å². The molecule has 5 nitrogen and oxygen atoms in total. The second kappa shape index (κ2) is 8.71. The molecule has 1 fully saturated rings. The van der Waals surface area contributed by atoms with E-state index in [9.17, 15) is 14.7 Å². The quantitative estimate of drug-likeness (QED) is 0.813. The molecule has 5 heteroatoms. The molecule has 0 spiro atoms. The van der Waals surface area contributed by atoms with Crippen LogP contribution in [-0.2, 0) is 11.2 Å². The zero-order valence-electron chi connectivity index (χ0n) is 15.3. The summed E-state index contributed by atoms with van der Waals surface area (Å²) in [5, 5.41) is 19.2. The van der Waals surface area contributed by atoms with Crippen molar-refractivity contribution in [2.45, 2.75) is 44.6 Å². The summed E-state index contributed by atoms with van der Waals surface area (Å²) in [5.74, 6) is -1.09. The first kappa shape index (κ1) is 19.0. The average molecular weight is 367 g/mol. The Bertz CT molecular complexity index is 803. The van der Waals surface area contributed by atoms with Crippen molar-refractivity contribution in [3.8, 4) is 5.75 Å². The Hall–Kier alpha value is -2.82. The zero-order valence-corrected chi connectivity index (χ0v) is 15.3. The van der Waals surface area contributed by atoms with E-state index in [-0.39, 0.29) is 24.1 Å². The van der Waals surface area contributed by atoms with Crippen LogP contribution in [0.15, 0.2) is 48.5 Å². The van der Waals surface area contributed by atoms with E-state index in [1.807, 2.05) is 36.4 Å². The summed E-state index contributed by atoms with van der Waals surface area (Å²) in [5.41, 5.74) is 2.39. The highest BCUT2D eigenvalue weighted by atomic mass is 16.4. The molecule has 0 saturated carbocycles. The standard InChI is InChI=1S/C22H25NO4/c24-20-11-9-17(14-16-6-2-1-3-7-16)15-19(20)22(27)23-13-5-4-8-18(23)10-12-21(25)26/h1-3,6-7,9,11,15,18,24H,4-5,8,10,12-14H2,(H,25,26). The average Bonchev–Trinajstić information content (AvgIpc) is 2.68. The number of hydrogen-bond acceptors (Lipinski definition) is 3. The number of phenolic OH excluding ortho intramolecular Hbond substituents is 1. The number of nitrogens with zero attached hydrogens (tertiary/aromatic N) is 1. The van der Waals surface area contributed by atoms with Gasteiger partial charge in [0.05, 0.1) is 5.56 Å². The second-order valence-electron chi connectivity index (χ2n) is 7.09. The molecule has 1 amide bonds. The van der Waals surface area contributed by atoms with E-state index in [1.54, 1.807) is 17.0 Å². The summed E-state index contributed by atoms with van der Waals surface area (Å²) in [7, 11) is 0. The van der Waals surface area contributed by atoms with Gasteiger partial charge in [-0.3, -0.25) is 9.59 Å². The van der Waals surface area contributed by atoms with Crippen LogP contribution in [0.3, 0.4) is 0 Å². The van der Waals surface area contributed by atoms with Gasteiger partial charge >= 0.3 is 5.97 Å². The Morgan fingerprint density at radius 1 is 1.04 bits per heavy atom. The molecule has 2 N–H and O–H groups in total. The van der Waals surface area contributed by atoms with E-state index in [4.69, 9.17) is 5.11 Å². The lowest BCUT2D eigenvalue weighted by molar-refractivity contribution is -0.137. The minimum absolute atomic E-state index is 0.0284. The fourth-order valence-corrected chi connectivity index (χ4v) is 3.71. The number of likely N-dealkylation sites (tertiary alicyclic amines) is 1. The van der Waals surface area contributed by atoms with Crippen LogP contribution in [0.1, 0.15) is 53.6 Å². The largest absolute Gasteiger partial charge is 0.507 e.